The average molecular weight is 302 g/mol. The van der Waals surface area contributed by atoms with E-state index in [1.54, 1.807) is 6.07 Å². The highest BCUT2D eigenvalue weighted by molar-refractivity contribution is 6.42. The van der Waals surface area contributed by atoms with E-state index in [4.69, 9.17) is 23.2 Å². The Bertz CT molecular complexity index is 428. The molecule has 2 atom stereocenters. The van der Waals surface area contributed by atoms with Crippen LogP contribution in [0.2, 0.25) is 10.0 Å². The maximum absolute atomic E-state index is 10.6. The first kappa shape index (κ1) is 15.1. The number of halogens is 2. The van der Waals surface area contributed by atoms with Crippen molar-refractivity contribution in [2.75, 3.05) is 6.54 Å². The number of piperidine rings is 1. The van der Waals surface area contributed by atoms with Crippen molar-refractivity contribution < 1.29 is 5.11 Å². The molecule has 19 heavy (non-hydrogen) atoms. The largest absolute Gasteiger partial charge is 0.390 e. The van der Waals surface area contributed by atoms with Crippen LogP contribution in [0.15, 0.2) is 18.2 Å². The molecule has 1 aliphatic heterocycles. The SMILES string of the molecule is CC(O)(Cc1ccc(Cl)c(Cl)c1)CC1CCCCN1. The lowest BCUT2D eigenvalue weighted by atomic mass is 9.87. The summed E-state index contributed by atoms with van der Waals surface area (Å²) in [6.07, 6.45) is 5.01. The van der Waals surface area contributed by atoms with Crippen molar-refractivity contribution in [3.8, 4) is 0 Å². The standard InChI is InChI=1S/C15H21Cl2NO/c1-15(19,10-12-4-2-3-7-18-12)9-11-5-6-13(16)14(17)8-11/h5-6,8,12,18-19H,2-4,7,9-10H2,1H3. The van der Waals surface area contributed by atoms with Gasteiger partial charge in [0.2, 0.25) is 0 Å². The summed E-state index contributed by atoms with van der Waals surface area (Å²) in [6.45, 7) is 2.96. The van der Waals surface area contributed by atoms with Crippen molar-refractivity contribution in [1.82, 2.24) is 5.32 Å². The zero-order valence-electron chi connectivity index (χ0n) is 11.3. The molecule has 0 radical (unpaired) electrons. The molecule has 0 saturated carbocycles. The molecule has 1 aromatic rings. The van der Waals surface area contributed by atoms with Gasteiger partial charge in [-0.1, -0.05) is 35.7 Å². The van der Waals surface area contributed by atoms with Crippen LogP contribution in [0.4, 0.5) is 0 Å². The second kappa shape index (κ2) is 6.45. The van der Waals surface area contributed by atoms with Crippen molar-refractivity contribution in [3.63, 3.8) is 0 Å². The lowest BCUT2D eigenvalue weighted by Gasteiger charge is -2.31. The fourth-order valence-electron chi connectivity index (χ4n) is 2.79. The van der Waals surface area contributed by atoms with Crippen LogP contribution in [0.25, 0.3) is 0 Å². The molecule has 0 spiro atoms. The Morgan fingerprint density at radius 1 is 1.32 bits per heavy atom. The van der Waals surface area contributed by atoms with E-state index in [1.165, 1.54) is 12.8 Å². The Morgan fingerprint density at radius 3 is 2.74 bits per heavy atom. The maximum Gasteiger partial charge on any atom is 0.0674 e. The Labute approximate surface area is 125 Å². The first-order chi connectivity index (χ1) is 8.96. The Morgan fingerprint density at radius 2 is 2.11 bits per heavy atom. The fourth-order valence-corrected chi connectivity index (χ4v) is 3.11. The smallest absolute Gasteiger partial charge is 0.0674 e. The number of hydrogen-bond donors (Lipinski definition) is 2. The Hall–Kier alpha value is -0.280. The summed E-state index contributed by atoms with van der Waals surface area (Å²) >= 11 is 11.9. The molecule has 2 nitrogen and oxygen atoms in total. The molecule has 0 aromatic heterocycles. The quantitative estimate of drug-likeness (QED) is 0.886. The minimum atomic E-state index is -0.716. The first-order valence-corrected chi connectivity index (χ1v) is 7.61. The van der Waals surface area contributed by atoms with E-state index >= 15 is 0 Å². The molecule has 0 aliphatic carbocycles. The molecule has 2 unspecified atom stereocenters. The molecule has 1 aromatic carbocycles. The zero-order valence-corrected chi connectivity index (χ0v) is 12.8. The topological polar surface area (TPSA) is 32.3 Å². The molecule has 2 N–H and O–H groups in total. The van der Waals surface area contributed by atoms with Crippen LogP contribution in [-0.2, 0) is 6.42 Å². The molecular weight excluding hydrogens is 281 g/mol. The van der Waals surface area contributed by atoms with Gasteiger partial charge in [0, 0.05) is 12.5 Å². The van der Waals surface area contributed by atoms with Crippen LogP contribution in [0.1, 0.15) is 38.2 Å². The maximum atomic E-state index is 10.6. The van der Waals surface area contributed by atoms with Gasteiger partial charge in [-0.15, -0.1) is 0 Å². The van der Waals surface area contributed by atoms with Gasteiger partial charge in [-0.25, -0.2) is 0 Å². The van der Waals surface area contributed by atoms with Crippen LogP contribution in [-0.4, -0.2) is 23.3 Å². The van der Waals surface area contributed by atoms with Crippen LogP contribution >= 0.6 is 23.2 Å². The summed E-state index contributed by atoms with van der Waals surface area (Å²) in [6, 6.07) is 5.98. The highest BCUT2D eigenvalue weighted by Crippen LogP contribution is 2.27. The van der Waals surface area contributed by atoms with Crippen molar-refractivity contribution in [1.29, 1.82) is 0 Å². The lowest BCUT2D eigenvalue weighted by molar-refractivity contribution is 0.0371. The third-order valence-electron chi connectivity index (χ3n) is 3.67. The van der Waals surface area contributed by atoms with Crippen molar-refractivity contribution in [2.24, 2.45) is 0 Å². The van der Waals surface area contributed by atoms with Gasteiger partial charge in [0.05, 0.1) is 15.6 Å². The number of rotatable bonds is 4. The molecule has 0 amide bonds. The summed E-state index contributed by atoms with van der Waals surface area (Å²) in [5, 5.41) is 15.1. The summed E-state index contributed by atoms with van der Waals surface area (Å²) in [7, 11) is 0. The van der Waals surface area contributed by atoms with Gasteiger partial charge in [0.15, 0.2) is 0 Å². The molecule has 2 rings (SSSR count). The number of hydrogen-bond acceptors (Lipinski definition) is 2. The number of aliphatic hydroxyl groups is 1. The zero-order chi connectivity index (χ0) is 13.9. The van der Waals surface area contributed by atoms with E-state index in [-0.39, 0.29) is 0 Å². The third-order valence-corrected chi connectivity index (χ3v) is 4.41. The van der Waals surface area contributed by atoms with E-state index in [2.05, 4.69) is 5.32 Å². The minimum Gasteiger partial charge on any atom is -0.390 e. The van der Waals surface area contributed by atoms with Crippen LogP contribution in [0.3, 0.4) is 0 Å². The van der Waals surface area contributed by atoms with E-state index in [0.29, 0.717) is 22.5 Å². The number of nitrogens with one attached hydrogen (secondary N) is 1. The van der Waals surface area contributed by atoms with E-state index in [0.717, 1.165) is 24.9 Å². The van der Waals surface area contributed by atoms with Gasteiger partial charge in [-0.05, 0) is 50.4 Å². The van der Waals surface area contributed by atoms with E-state index < -0.39 is 5.60 Å². The highest BCUT2D eigenvalue weighted by Gasteiger charge is 2.26. The summed E-state index contributed by atoms with van der Waals surface area (Å²) in [5.41, 5.74) is 0.307. The van der Waals surface area contributed by atoms with Gasteiger partial charge in [-0.3, -0.25) is 0 Å². The molecule has 1 fully saturated rings. The predicted molar refractivity (Wildman–Crippen MR) is 81.0 cm³/mol. The second-order valence-electron chi connectivity index (χ2n) is 5.77. The lowest BCUT2D eigenvalue weighted by Crippen LogP contribution is -2.41. The van der Waals surface area contributed by atoms with Crippen molar-refractivity contribution in [3.05, 3.63) is 33.8 Å². The Kier molecular flexibility index (Phi) is 5.13. The monoisotopic (exact) mass is 301 g/mol. The molecule has 4 heteroatoms. The Balaban J connectivity index is 1.96. The molecule has 1 heterocycles. The van der Waals surface area contributed by atoms with Gasteiger partial charge >= 0.3 is 0 Å². The average Bonchev–Trinajstić information content (AvgIpc) is 2.34. The highest BCUT2D eigenvalue weighted by atomic mass is 35.5. The van der Waals surface area contributed by atoms with Crippen LogP contribution in [0, 0.1) is 0 Å². The van der Waals surface area contributed by atoms with Crippen molar-refractivity contribution in [2.45, 2.75) is 50.7 Å². The second-order valence-corrected chi connectivity index (χ2v) is 6.59. The van der Waals surface area contributed by atoms with Crippen LogP contribution in [0.5, 0.6) is 0 Å². The predicted octanol–water partition coefficient (Wildman–Crippen LogP) is 3.82. The van der Waals surface area contributed by atoms with Gasteiger partial charge in [0.25, 0.3) is 0 Å². The van der Waals surface area contributed by atoms with Gasteiger partial charge < -0.3 is 10.4 Å². The molecule has 1 saturated heterocycles. The van der Waals surface area contributed by atoms with Crippen molar-refractivity contribution >= 4 is 23.2 Å². The van der Waals surface area contributed by atoms with E-state index in [1.807, 2.05) is 19.1 Å². The molecule has 0 bridgehead atoms. The van der Waals surface area contributed by atoms with Gasteiger partial charge in [-0.2, -0.15) is 0 Å². The normalized spacial score (nSPS) is 23.1. The number of benzene rings is 1. The van der Waals surface area contributed by atoms with E-state index in [9.17, 15) is 5.11 Å². The first-order valence-electron chi connectivity index (χ1n) is 6.86. The summed E-state index contributed by atoms with van der Waals surface area (Å²) in [5.74, 6) is 0. The van der Waals surface area contributed by atoms with Gasteiger partial charge in [0.1, 0.15) is 0 Å². The summed E-state index contributed by atoms with van der Waals surface area (Å²) < 4.78 is 0. The third kappa shape index (κ3) is 4.64. The molecule has 1 aliphatic rings. The molecular formula is C15H21Cl2NO. The van der Waals surface area contributed by atoms with Crippen LogP contribution < -0.4 is 5.32 Å². The summed E-state index contributed by atoms with van der Waals surface area (Å²) in [4.78, 5) is 0. The molecule has 106 valence electrons. The minimum absolute atomic E-state index is 0.423. The fraction of sp³-hybridized carbons (Fsp3) is 0.600.